The predicted molar refractivity (Wildman–Crippen MR) is 81.2 cm³/mol. The molecule has 0 aromatic heterocycles. The zero-order valence-electron chi connectivity index (χ0n) is 12.6. The fourth-order valence-corrected chi connectivity index (χ4v) is 2.50. The molecule has 0 saturated carbocycles. The van der Waals surface area contributed by atoms with Gasteiger partial charge in [0, 0.05) is 25.2 Å². The summed E-state index contributed by atoms with van der Waals surface area (Å²) in [5.74, 6) is 0.953. The molecule has 1 aromatic carbocycles. The summed E-state index contributed by atoms with van der Waals surface area (Å²) in [5, 5.41) is 3.15. The van der Waals surface area contributed by atoms with Gasteiger partial charge in [-0.25, -0.2) is 0 Å². The van der Waals surface area contributed by atoms with Crippen molar-refractivity contribution in [1.82, 2.24) is 10.2 Å². The maximum Gasteiger partial charge on any atom is 0.123 e. The average molecular weight is 278 g/mol. The summed E-state index contributed by atoms with van der Waals surface area (Å²) in [6.45, 7) is 4.38. The molecule has 0 amide bonds. The third-order valence-corrected chi connectivity index (χ3v) is 3.70. The van der Waals surface area contributed by atoms with Crippen molar-refractivity contribution in [3.05, 3.63) is 29.8 Å². The van der Waals surface area contributed by atoms with Gasteiger partial charge in [-0.05, 0) is 33.0 Å². The second-order valence-corrected chi connectivity index (χ2v) is 5.36. The summed E-state index contributed by atoms with van der Waals surface area (Å²) in [7, 11) is 4.11. The van der Waals surface area contributed by atoms with Crippen LogP contribution in [0.3, 0.4) is 0 Å². The Labute approximate surface area is 122 Å². The van der Waals surface area contributed by atoms with Crippen LogP contribution in [0.25, 0.3) is 0 Å². The zero-order valence-corrected chi connectivity index (χ0v) is 12.6. The first-order valence-electron chi connectivity index (χ1n) is 7.45. The molecule has 4 heteroatoms. The maximum absolute atomic E-state index is 5.89. The summed E-state index contributed by atoms with van der Waals surface area (Å²) in [6.07, 6.45) is 2.67. The largest absolute Gasteiger partial charge is 0.491 e. The van der Waals surface area contributed by atoms with Crippen molar-refractivity contribution >= 4 is 0 Å². The average Bonchev–Trinajstić information content (AvgIpc) is 2.47. The second kappa shape index (κ2) is 8.25. The molecule has 1 N–H and O–H groups in total. The van der Waals surface area contributed by atoms with E-state index in [-0.39, 0.29) is 0 Å². The molecule has 0 atom stereocenters. The lowest BCUT2D eigenvalue weighted by Gasteiger charge is -2.28. The fraction of sp³-hybridized carbons (Fsp3) is 0.625. The molecule has 1 aliphatic heterocycles. The van der Waals surface area contributed by atoms with Gasteiger partial charge in [-0.3, -0.25) is 0 Å². The predicted octanol–water partition coefficient (Wildman–Crippen LogP) is 1.90. The van der Waals surface area contributed by atoms with Gasteiger partial charge in [0.15, 0.2) is 0 Å². The SMILES string of the molecule is CNCc1ccccc1OCCOC1CCN(C)CC1. The van der Waals surface area contributed by atoms with Crippen molar-refractivity contribution in [2.75, 3.05) is 40.4 Å². The van der Waals surface area contributed by atoms with E-state index in [4.69, 9.17) is 9.47 Å². The Morgan fingerprint density at radius 3 is 2.70 bits per heavy atom. The monoisotopic (exact) mass is 278 g/mol. The van der Waals surface area contributed by atoms with E-state index in [1.807, 2.05) is 25.2 Å². The van der Waals surface area contributed by atoms with E-state index in [0.717, 1.165) is 38.2 Å². The number of hydrogen-bond acceptors (Lipinski definition) is 4. The molecule has 1 saturated heterocycles. The third kappa shape index (κ3) is 4.78. The van der Waals surface area contributed by atoms with Crippen molar-refractivity contribution in [3.63, 3.8) is 0 Å². The van der Waals surface area contributed by atoms with Crippen molar-refractivity contribution in [2.24, 2.45) is 0 Å². The van der Waals surface area contributed by atoms with Crippen LogP contribution in [0.5, 0.6) is 5.75 Å². The van der Waals surface area contributed by atoms with Crippen molar-refractivity contribution in [2.45, 2.75) is 25.5 Å². The van der Waals surface area contributed by atoms with Gasteiger partial charge >= 0.3 is 0 Å². The standard InChI is InChI=1S/C16H26N2O2/c1-17-13-14-5-3-4-6-16(14)20-12-11-19-15-7-9-18(2)10-8-15/h3-6,15,17H,7-13H2,1-2H3. The molecule has 20 heavy (non-hydrogen) atoms. The van der Waals surface area contributed by atoms with Crippen molar-refractivity contribution < 1.29 is 9.47 Å². The van der Waals surface area contributed by atoms with Gasteiger partial charge in [-0.1, -0.05) is 18.2 Å². The molecule has 112 valence electrons. The molecule has 1 aromatic rings. The number of nitrogens with one attached hydrogen (secondary N) is 1. The highest BCUT2D eigenvalue weighted by Gasteiger charge is 2.16. The fourth-order valence-electron chi connectivity index (χ4n) is 2.50. The normalized spacial score (nSPS) is 17.3. The smallest absolute Gasteiger partial charge is 0.123 e. The van der Waals surface area contributed by atoms with E-state index < -0.39 is 0 Å². The van der Waals surface area contributed by atoms with Gasteiger partial charge in [0.25, 0.3) is 0 Å². The summed E-state index contributed by atoms with van der Waals surface area (Å²) < 4.78 is 11.7. The molecular formula is C16H26N2O2. The number of nitrogens with zero attached hydrogens (tertiary/aromatic N) is 1. The molecule has 4 nitrogen and oxygen atoms in total. The molecule has 1 aliphatic rings. The number of hydrogen-bond donors (Lipinski definition) is 1. The molecule has 1 fully saturated rings. The molecule has 0 aliphatic carbocycles. The van der Waals surface area contributed by atoms with E-state index in [2.05, 4.69) is 23.3 Å². The Morgan fingerprint density at radius 2 is 1.95 bits per heavy atom. The third-order valence-electron chi connectivity index (χ3n) is 3.70. The molecule has 0 spiro atoms. The quantitative estimate of drug-likeness (QED) is 0.772. The Balaban J connectivity index is 1.68. The van der Waals surface area contributed by atoms with Crippen LogP contribution in [-0.2, 0) is 11.3 Å². The van der Waals surface area contributed by atoms with Crippen LogP contribution in [0.1, 0.15) is 18.4 Å². The van der Waals surface area contributed by atoms with Crippen LogP contribution < -0.4 is 10.1 Å². The van der Waals surface area contributed by atoms with Gasteiger partial charge < -0.3 is 19.7 Å². The summed E-state index contributed by atoms with van der Waals surface area (Å²) >= 11 is 0. The Morgan fingerprint density at radius 1 is 1.20 bits per heavy atom. The molecule has 0 bridgehead atoms. The molecule has 2 rings (SSSR count). The van der Waals surface area contributed by atoms with Gasteiger partial charge in [0.1, 0.15) is 12.4 Å². The summed E-state index contributed by atoms with van der Waals surface area (Å²) in [6, 6.07) is 8.15. The van der Waals surface area contributed by atoms with E-state index in [1.54, 1.807) is 0 Å². The van der Waals surface area contributed by atoms with E-state index in [1.165, 1.54) is 5.56 Å². The van der Waals surface area contributed by atoms with Gasteiger partial charge in [0.05, 0.1) is 12.7 Å². The lowest BCUT2D eigenvalue weighted by Crippen LogP contribution is -2.34. The molecule has 0 unspecified atom stereocenters. The highest BCUT2D eigenvalue weighted by molar-refractivity contribution is 5.33. The van der Waals surface area contributed by atoms with Gasteiger partial charge in [-0.2, -0.15) is 0 Å². The number of piperidine rings is 1. The van der Waals surface area contributed by atoms with Crippen LogP contribution in [0.2, 0.25) is 0 Å². The van der Waals surface area contributed by atoms with Crippen LogP contribution in [0.15, 0.2) is 24.3 Å². The number of ether oxygens (including phenoxy) is 2. The second-order valence-electron chi connectivity index (χ2n) is 5.36. The Kier molecular flexibility index (Phi) is 6.30. The van der Waals surface area contributed by atoms with E-state index in [0.29, 0.717) is 19.3 Å². The number of likely N-dealkylation sites (tertiary alicyclic amines) is 1. The Bertz CT molecular complexity index is 390. The van der Waals surface area contributed by atoms with Gasteiger partial charge in [-0.15, -0.1) is 0 Å². The minimum Gasteiger partial charge on any atom is -0.491 e. The van der Waals surface area contributed by atoms with Gasteiger partial charge in [0.2, 0.25) is 0 Å². The highest BCUT2D eigenvalue weighted by Crippen LogP contribution is 2.18. The minimum atomic E-state index is 0.405. The molecular weight excluding hydrogens is 252 g/mol. The highest BCUT2D eigenvalue weighted by atomic mass is 16.5. The summed E-state index contributed by atoms with van der Waals surface area (Å²) in [5.41, 5.74) is 1.19. The van der Waals surface area contributed by atoms with Crippen LogP contribution >= 0.6 is 0 Å². The van der Waals surface area contributed by atoms with Crippen LogP contribution in [0, 0.1) is 0 Å². The van der Waals surface area contributed by atoms with E-state index >= 15 is 0 Å². The lowest BCUT2D eigenvalue weighted by atomic mass is 10.1. The number of rotatable bonds is 7. The first kappa shape index (κ1) is 15.3. The molecule has 0 radical (unpaired) electrons. The minimum absolute atomic E-state index is 0.405. The molecule has 1 heterocycles. The van der Waals surface area contributed by atoms with Crippen molar-refractivity contribution in [1.29, 1.82) is 0 Å². The zero-order chi connectivity index (χ0) is 14.2. The number of benzene rings is 1. The van der Waals surface area contributed by atoms with Crippen LogP contribution in [-0.4, -0.2) is 51.4 Å². The number of para-hydroxylation sites is 1. The maximum atomic E-state index is 5.89. The lowest BCUT2D eigenvalue weighted by molar-refractivity contribution is -0.000357. The Hall–Kier alpha value is -1.10. The van der Waals surface area contributed by atoms with E-state index in [9.17, 15) is 0 Å². The topological polar surface area (TPSA) is 33.7 Å². The first-order chi connectivity index (χ1) is 9.79. The first-order valence-corrected chi connectivity index (χ1v) is 7.45. The van der Waals surface area contributed by atoms with Crippen LogP contribution in [0.4, 0.5) is 0 Å². The summed E-state index contributed by atoms with van der Waals surface area (Å²) in [4.78, 5) is 2.35. The van der Waals surface area contributed by atoms with Crippen molar-refractivity contribution in [3.8, 4) is 5.75 Å².